The summed E-state index contributed by atoms with van der Waals surface area (Å²) >= 11 is 0. The summed E-state index contributed by atoms with van der Waals surface area (Å²) in [4.78, 5) is -0.160. The van der Waals surface area contributed by atoms with E-state index in [1.165, 1.54) is 39.1 Å². The number of sulfonamides is 1. The molecule has 0 saturated heterocycles. The molecule has 0 aliphatic rings. The van der Waals surface area contributed by atoms with Crippen molar-refractivity contribution in [3.63, 3.8) is 0 Å². The monoisotopic (exact) mass is 259 g/mol. The van der Waals surface area contributed by atoms with Gasteiger partial charge in [0.1, 0.15) is 10.6 Å². The number of nitrogens with zero attached hydrogens (tertiary/aromatic N) is 1. The van der Waals surface area contributed by atoms with Gasteiger partial charge in [-0.2, -0.15) is 4.31 Å². The largest absolute Gasteiger partial charge is 0.507 e. The average molecular weight is 259 g/mol. The van der Waals surface area contributed by atoms with E-state index < -0.39 is 15.6 Å². The maximum atomic E-state index is 12.1. The van der Waals surface area contributed by atoms with Crippen molar-refractivity contribution in [3.05, 3.63) is 24.3 Å². The van der Waals surface area contributed by atoms with Crippen LogP contribution >= 0.6 is 0 Å². The van der Waals surface area contributed by atoms with Gasteiger partial charge in [-0.25, -0.2) is 8.42 Å². The number of phenolic OH excluding ortho intramolecular Hbond substituents is 1. The molecule has 0 aliphatic carbocycles. The standard InChI is InChI=1S/C11H17NO4S/c1-11(2,14)8-12(3)17(15,16)10-7-5-4-6-9(10)13/h4-7,13-14H,8H2,1-3H3. The van der Waals surface area contributed by atoms with Crippen molar-refractivity contribution in [3.8, 4) is 5.75 Å². The van der Waals surface area contributed by atoms with Crippen molar-refractivity contribution >= 4 is 10.0 Å². The molecule has 0 amide bonds. The smallest absolute Gasteiger partial charge is 0.246 e. The number of rotatable bonds is 4. The van der Waals surface area contributed by atoms with E-state index in [0.717, 1.165) is 4.31 Å². The number of likely N-dealkylation sites (N-methyl/N-ethyl adjacent to an activating group) is 1. The SMILES string of the molecule is CN(CC(C)(C)O)S(=O)(=O)c1ccccc1O. The van der Waals surface area contributed by atoms with Gasteiger partial charge in [-0.1, -0.05) is 12.1 Å². The lowest BCUT2D eigenvalue weighted by Gasteiger charge is -2.25. The molecule has 0 aromatic heterocycles. The van der Waals surface area contributed by atoms with Crippen LogP contribution in [0.2, 0.25) is 0 Å². The quantitative estimate of drug-likeness (QED) is 0.837. The second kappa shape index (κ2) is 4.64. The van der Waals surface area contributed by atoms with E-state index >= 15 is 0 Å². The van der Waals surface area contributed by atoms with Gasteiger partial charge < -0.3 is 10.2 Å². The topological polar surface area (TPSA) is 77.8 Å². The average Bonchev–Trinajstić information content (AvgIpc) is 2.15. The van der Waals surface area contributed by atoms with E-state index in [2.05, 4.69) is 0 Å². The Morgan fingerprint density at radius 1 is 1.29 bits per heavy atom. The van der Waals surface area contributed by atoms with E-state index in [-0.39, 0.29) is 17.2 Å². The van der Waals surface area contributed by atoms with Crippen LogP contribution in [0.5, 0.6) is 5.75 Å². The van der Waals surface area contributed by atoms with Crippen LogP contribution in [-0.4, -0.2) is 42.1 Å². The molecule has 6 heteroatoms. The fourth-order valence-electron chi connectivity index (χ4n) is 1.47. The zero-order valence-electron chi connectivity index (χ0n) is 10.1. The first kappa shape index (κ1) is 14.0. The van der Waals surface area contributed by atoms with Crippen LogP contribution < -0.4 is 0 Å². The van der Waals surface area contributed by atoms with Crippen molar-refractivity contribution in [2.24, 2.45) is 0 Å². The van der Waals surface area contributed by atoms with Crippen molar-refractivity contribution in [2.75, 3.05) is 13.6 Å². The molecule has 0 atom stereocenters. The zero-order chi connectivity index (χ0) is 13.3. The molecule has 0 bridgehead atoms. The van der Waals surface area contributed by atoms with Gasteiger partial charge in [-0.3, -0.25) is 0 Å². The highest BCUT2D eigenvalue weighted by atomic mass is 32.2. The highest BCUT2D eigenvalue weighted by Gasteiger charge is 2.28. The first-order valence-corrected chi connectivity index (χ1v) is 6.55. The molecular formula is C11H17NO4S. The van der Waals surface area contributed by atoms with E-state index in [0.29, 0.717) is 0 Å². The summed E-state index contributed by atoms with van der Waals surface area (Å²) in [6.07, 6.45) is 0. The summed E-state index contributed by atoms with van der Waals surface area (Å²) < 4.78 is 25.2. The van der Waals surface area contributed by atoms with E-state index in [1.54, 1.807) is 6.07 Å². The number of benzene rings is 1. The Kier molecular flexibility index (Phi) is 3.81. The Balaban J connectivity index is 3.09. The minimum Gasteiger partial charge on any atom is -0.507 e. The molecule has 0 radical (unpaired) electrons. The van der Waals surface area contributed by atoms with Crippen LogP contribution in [0.1, 0.15) is 13.8 Å². The van der Waals surface area contributed by atoms with E-state index in [9.17, 15) is 18.6 Å². The first-order valence-electron chi connectivity index (χ1n) is 5.11. The van der Waals surface area contributed by atoms with E-state index in [1.807, 2.05) is 0 Å². The van der Waals surface area contributed by atoms with Crippen LogP contribution in [0.3, 0.4) is 0 Å². The molecule has 0 aliphatic heterocycles. The van der Waals surface area contributed by atoms with Gasteiger partial charge in [0.05, 0.1) is 5.60 Å². The van der Waals surface area contributed by atoms with Crippen LogP contribution in [0, 0.1) is 0 Å². The minimum atomic E-state index is -3.78. The lowest BCUT2D eigenvalue weighted by atomic mass is 10.1. The maximum absolute atomic E-state index is 12.1. The second-order valence-electron chi connectivity index (χ2n) is 4.54. The van der Waals surface area contributed by atoms with E-state index in [4.69, 9.17) is 0 Å². The number of aromatic hydroxyl groups is 1. The zero-order valence-corrected chi connectivity index (χ0v) is 10.9. The van der Waals surface area contributed by atoms with Crippen molar-refractivity contribution in [1.29, 1.82) is 0 Å². The lowest BCUT2D eigenvalue weighted by Crippen LogP contribution is -2.39. The maximum Gasteiger partial charge on any atom is 0.246 e. The number of phenols is 1. The normalized spacial score (nSPS) is 13.0. The minimum absolute atomic E-state index is 0.0519. The third kappa shape index (κ3) is 3.42. The molecule has 17 heavy (non-hydrogen) atoms. The number of hydrogen-bond acceptors (Lipinski definition) is 4. The molecule has 2 N–H and O–H groups in total. The van der Waals surface area contributed by atoms with Crippen LogP contribution in [0.15, 0.2) is 29.2 Å². The highest BCUT2D eigenvalue weighted by Crippen LogP contribution is 2.25. The predicted molar refractivity (Wildman–Crippen MR) is 64.2 cm³/mol. The third-order valence-corrected chi connectivity index (χ3v) is 4.01. The number of aliphatic hydroxyl groups is 1. The number of hydrogen-bond donors (Lipinski definition) is 2. The fraction of sp³-hybridized carbons (Fsp3) is 0.455. The fourth-order valence-corrected chi connectivity index (χ4v) is 2.88. The Morgan fingerprint density at radius 2 is 1.82 bits per heavy atom. The van der Waals surface area contributed by atoms with Gasteiger partial charge >= 0.3 is 0 Å². The summed E-state index contributed by atoms with van der Waals surface area (Å²) in [6, 6.07) is 5.71. The van der Waals surface area contributed by atoms with Gasteiger partial charge in [0.2, 0.25) is 10.0 Å². The van der Waals surface area contributed by atoms with Gasteiger partial charge in [0, 0.05) is 13.6 Å². The molecule has 5 nitrogen and oxygen atoms in total. The molecule has 1 rings (SSSR count). The molecule has 0 heterocycles. The lowest BCUT2D eigenvalue weighted by molar-refractivity contribution is 0.0639. The predicted octanol–water partition coefficient (Wildman–Crippen LogP) is 0.784. The summed E-state index contributed by atoms with van der Waals surface area (Å²) in [7, 11) is -2.42. The Hall–Kier alpha value is -1.11. The van der Waals surface area contributed by atoms with Crippen molar-refractivity contribution < 1.29 is 18.6 Å². The summed E-state index contributed by atoms with van der Waals surface area (Å²) in [5.74, 6) is -0.296. The van der Waals surface area contributed by atoms with Crippen LogP contribution in [0.25, 0.3) is 0 Å². The van der Waals surface area contributed by atoms with Crippen LogP contribution in [-0.2, 0) is 10.0 Å². The molecule has 0 unspecified atom stereocenters. The van der Waals surface area contributed by atoms with Gasteiger partial charge in [0.25, 0.3) is 0 Å². The Morgan fingerprint density at radius 3 is 2.29 bits per heavy atom. The van der Waals surface area contributed by atoms with Gasteiger partial charge in [-0.15, -0.1) is 0 Å². The molecule has 0 fully saturated rings. The molecule has 0 spiro atoms. The summed E-state index contributed by atoms with van der Waals surface area (Å²) in [5.41, 5.74) is -1.13. The Bertz CT molecular complexity index is 490. The molecule has 96 valence electrons. The molecular weight excluding hydrogens is 242 g/mol. The summed E-state index contributed by atoms with van der Waals surface area (Å²) in [5, 5.41) is 19.1. The van der Waals surface area contributed by atoms with Crippen LogP contribution in [0.4, 0.5) is 0 Å². The summed E-state index contributed by atoms with van der Waals surface area (Å²) in [6.45, 7) is 2.98. The number of para-hydroxylation sites is 1. The van der Waals surface area contributed by atoms with Crippen molar-refractivity contribution in [1.82, 2.24) is 4.31 Å². The first-order chi connectivity index (χ1) is 7.64. The van der Waals surface area contributed by atoms with Gasteiger partial charge in [-0.05, 0) is 26.0 Å². The molecule has 1 aromatic carbocycles. The Labute approximate surface area is 101 Å². The van der Waals surface area contributed by atoms with Crippen molar-refractivity contribution in [2.45, 2.75) is 24.3 Å². The third-order valence-electron chi connectivity index (χ3n) is 2.16. The second-order valence-corrected chi connectivity index (χ2v) is 6.55. The molecule has 1 aromatic rings. The van der Waals surface area contributed by atoms with Gasteiger partial charge in [0.15, 0.2) is 0 Å². The highest BCUT2D eigenvalue weighted by molar-refractivity contribution is 7.89. The molecule has 0 saturated carbocycles.